The summed E-state index contributed by atoms with van der Waals surface area (Å²) in [6.45, 7) is 3.48. The molecule has 1 aliphatic heterocycles. The van der Waals surface area contributed by atoms with Gasteiger partial charge in [-0.05, 0) is 58.3 Å². The number of H-pyrrole nitrogens is 1. The monoisotopic (exact) mass is 440 g/mol. The summed E-state index contributed by atoms with van der Waals surface area (Å²) in [5.41, 5.74) is 1.88. The minimum Gasteiger partial charge on any atom is -0.497 e. The van der Waals surface area contributed by atoms with E-state index in [4.69, 9.17) is 4.74 Å². The number of benzene rings is 1. The number of ether oxygens (including phenoxy) is 1. The van der Waals surface area contributed by atoms with E-state index >= 15 is 0 Å². The van der Waals surface area contributed by atoms with Gasteiger partial charge in [0.25, 0.3) is 0 Å². The number of aromatic amines is 1. The Bertz CT molecular complexity index is 895. The Morgan fingerprint density at radius 1 is 1.31 bits per heavy atom. The molecule has 1 aromatic heterocycles. The van der Waals surface area contributed by atoms with Gasteiger partial charge >= 0.3 is 0 Å². The van der Waals surface area contributed by atoms with Gasteiger partial charge in [-0.25, -0.2) is 4.98 Å². The molecule has 0 radical (unpaired) electrons. The summed E-state index contributed by atoms with van der Waals surface area (Å²) in [6, 6.07) is 7.65. The topological polar surface area (TPSA) is 87.3 Å². The molecule has 1 aromatic carbocycles. The number of rotatable bonds is 11. The zero-order chi connectivity index (χ0) is 22.9. The summed E-state index contributed by atoms with van der Waals surface area (Å²) in [7, 11) is 3.72. The molecule has 174 valence electrons. The number of carbonyl (C=O) groups is 2. The Kier molecular flexibility index (Phi) is 8.85. The number of likely N-dealkylation sites (tertiary alicyclic amines) is 1. The Morgan fingerprint density at radius 2 is 2.16 bits per heavy atom. The molecule has 1 amide bonds. The van der Waals surface area contributed by atoms with Gasteiger partial charge in [-0.1, -0.05) is 25.0 Å². The molecule has 1 aliphatic rings. The minimum atomic E-state index is -0.175. The maximum absolute atomic E-state index is 13.0. The number of hydrogen-bond acceptors (Lipinski definition) is 5. The molecule has 1 fully saturated rings. The molecule has 7 heteroatoms. The van der Waals surface area contributed by atoms with Gasteiger partial charge < -0.3 is 24.7 Å². The second kappa shape index (κ2) is 11.8. The van der Waals surface area contributed by atoms with Gasteiger partial charge in [-0.3, -0.25) is 4.79 Å². The Balaban J connectivity index is 1.70. The highest BCUT2D eigenvalue weighted by atomic mass is 16.5. The number of ketones is 1. The molecule has 2 heterocycles. The lowest BCUT2D eigenvalue weighted by molar-refractivity contribution is -0.127. The summed E-state index contributed by atoms with van der Waals surface area (Å²) in [6.07, 6.45) is 7.97. The average Bonchev–Trinajstić information content (AvgIpc) is 3.28. The quantitative estimate of drug-likeness (QED) is 0.513. The first-order chi connectivity index (χ1) is 15.5. The van der Waals surface area contributed by atoms with Crippen molar-refractivity contribution in [3.63, 3.8) is 0 Å². The van der Waals surface area contributed by atoms with E-state index in [2.05, 4.69) is 27.2 Å². The summed E-state index contributed by atoms with van der Waals surface area (Å²) < 4.78 is 5.33. The molecule has 0 aliphatic carbocycles. The third-order valence-corrected chi connectivity index (χ3v) is 6.14. The molecule has 1 saturated heterocycles. The molecular weight excluding hydrogens is 404 g/mol. The fourth-order valence-corrected chi connectivity index (χ4v) is 4.30. The summed E-state index contributed by atoms with van der Waals surface area (Å²) in [5.74, 6) is 1.90. The number of hydrogen-bond donors (Lipinski definition) is 2. The van der Waals surface area contributed by atoms with E-state index in [0.717, 1.165) is 74.4 Å². The number of nitrogens with one attached hydrogen (secondary N) is 2. The van der Waals surface area contributed by atoms with Gasteiger partial charge in [0.2, 0.25) is 5.91 Å². The molecule has 0 saturated carbocycles. The Hall–Kier alpha value is -2.67. The first-order valence-corrected chi connectivity index (χ1v) is 11.6. The summed E-state index contributed by atoms with van der Waals surface area (Å²) in [5, 5.41) is 3.26. The normalized spacial score (nSPS) is 17.7. The SMILES string of the molecule is COc1cccc(-c2cnc([C@H](CCCCCC(C)=O)NC(=O)[C@@H]3CCCN(C)C3)[nH]2)c1. The number of unbranched alkanes of at least 4 members (excludes halogenated alkanes) is 2. The largest absolute Gasteiger partial charge is 0.497 e. The van der Waals surface area contributed by atoms with Gasteiger partial charge in [-0.2, -0.15) is 0 Å². The highest BCUT2D eigenvalue weighted by molar-refractivity contribution is 5.79. The molecule has 7 nitrogen and oxygen atoms in total. The fraction of sp³-hybridized carbons (Fsp3) is 0.560. The van der Waals surface area contributed by atoms with Crippen molar-refractivity contribution in [3.05, 3.63) is 36.3 Å². The Morgan fingerprint density at radius 3 is 2.91 bits per heavy atom. The molecule has 32 heavy (non-hydrogen) atoms. The molecule has 0 unspecified atom stereocenters. The van der Waals surface area contributed by atoms with Crippen LogP contribution in [0.3, 0.4) is 0 Å². The number of piperidine rings is 1. The van der Waals surface area contributed by atoms with E-state index in [1.807, 2.05) is 30.5 Å². The number of imidazole rings is 1. The first kappa shape index (κ1) is 24.0. The minimum absolute atomic E-state index is 0.0155. The third-order valence-electron chi connectivity index (χ3n) is 6.14. The van der Waals surface area contributed by atoms with Crippen LogP contribution in [0.1, 0.15) is 63.7 Å². The van der Waals surface area contributed by atoms with Crippen LogP contribution in [0.2, 0.25) is 0 Å². The van der Waals surface area contributed by atoms with Gasteiger partial charge in [0.05, 0.1) is 31.0 Å². The van der Waals surface area contributed by atoms with Crippen LogP contribution < -0.4 is 10.1 Å². The van der Waals surface area contributed by atoms with Crippen LogP contribution in [0.5, 0.6) is 5.75 Å². The van der Waals surface area contributed by atoms with Crippen LogP contribution in [0.25, 0.3) is 11.3 Å². The van der Waals surface area contributed by atoms with Crippen molar-refractivity contribution in [1.82, 2.24) is 20.2 Å². The average molecular weight is 441 g/mol. The second-order valence-corrected chi connectivity index (χ2v) is 8.88. The van der Waals surface area contributed by atoms with Crippen LogP contribution in [0, 0.1) is 5.92 Å². The van der Waals surface area contributed by atoms with Crippen molar-refractivity contribution in [2.75, 3.05) is 27.2 Å². The van der Waals surface area contributed by atoms with Crippen molar-refractivity contribution in [1.29, 1.82) is 0 Å². The van der Waals surface area contributed by atoms with Crippen LogP contribution in [0.4, 0.5) is 0 Å². The van der Waals surface area contributed by atoms with E-state index in [-0.39, 0.29) is 23.7 Å². The van der Waals surface area contributed by atoms with Gasteiger partial charge in [0.15, 0.2) is 0 Å². The predicted octanol–water partition coefficient (Wildman–Crippen LogP) is 4.12. The smallest absolute Gasteiger partial charge is 0.224 e. The molecule has 0 spiro atoms. The molecular formula is C25H36N4O3. The van der Waals surface area contributed by atoms with E-state index in [1.165, 1.54) is 0 Å². The van der Waals surface area contributed by atoms with Crippen LogP contribution >= 0.6 is 0 Å². The van der Waals surface area contributed by atoms with Crippen molar-refractivity contribution in [3.8, 4) is 17.0 Å². The number of carbonyl (C=O) groups excluding carboxylic acids is 2. The van der Waals surface area contributed by atoms with Crippen LogP contribution in [-0.2, 0) is 9.59 Å². The molecule has 0 bridgehead atoms. The van der Waals surface area contributed by atoms with E-state index in [1.54, 1.807) is 14.0 Å². The standard InChI is InChI=1S/C25H36N4O3/c1-18(30)9-5-4-6-13-22(28-25(31)20-11-8-14-29(2)17-20)24-26-16-23(27-24)19-10-7-12-21(15-19)32-3/h7,10,12,15-16,20,22H,4-6,8-9,11,13-14,17H2,1-3H3,(H,26,27)(H,28,31)/t20-,22+/m1/s1. The second-order valence-electron chi connectivity index (χ2n) is 8.88. The highest BCUT2D eigenvalue weighted by Crippen LogP contribution is 2.26. The van der Waals surface area contributed by atoms with E-state index < -0.39 is 0 Å². The van der Waals surface area contributed by atoms with Crippen molar-refractivity contribution in [2.45, 2.75) is 57.9 Å². The Labute approximate surface area is 190 Å². The molecule has 3 rings (SSSR count). The maximum atomic E-state index is 13.0. The van der Waals surface area contributed by atoms with Gasteiger partial charge in [-0.15, -0.1) is 0 Å². The predicted molar refractivity (Wildman–Crippen MR) is 125 cm³/mol. The molecule has 2 aromatic rings. The first-order valence-electron chi connectivity index (χ1n) is 11.6. The number of nitrogens with zero attached hydrogens (tertiary/aromatic N) is 2. The van der Waals surface area contributed by atoms with Gasteiger partial charge in [0, 0.05) is 18.5 Å². The van der Waals surface area contributed by atoms with Crippen LogP contribution in [-0.4, -0.2) is 53.8 Å². The zero-order valence-electron chi connectivity index (χ0n) is 19.5. The fourth-order valence-electron chi connectivity index (χ4n) is 4.30. The molecule has 2 atom stereocenters. The van der Waals surface area contributed by atoms with E-state index in [9.17, 15) is 9.59 Å². The van der Waals surface area contributed by atoms with Crippen molar-refractivity contribution < 1.29 is 14.3 Å². The summed E-state index contributed by atoms with van der Waals surface area (Å²) in [4.78, 5) is 34.5. The van der Waals surface area contributed by atoms with Crippen LogP contribution in [0.15, 0.2) is 30.5 Å². The highest BCUT2D eigenvalue weighted by Gasteiger charge is 2.27. The summed E-state index contributed by atoms with van der Waals surface area (Å²) >= 11 is 0. The number of amides is 1. The lowest BCUT2D eigenvalue weighted by Crippen LogP contribution is -2.42. The van der Waals surface area contributed by atoms with E-state index in [0.29, 0.717) is 6.42 Å². The number of Topliss-reactive ketones (excluding diaryl/α,β-unsaturated/α-hetero) is 1. The zero-order valence-corrected chi connectivity index (χ0v) is 19.5. The lowest BCUT2D eigenvalue weighted by atomic mass is 9.96. The van der Waals surface area contributed by atoms with Crippen molar-refractivity contribution >= 4 is 11.7 Å². The van der Waals surface area contributed by atoms with Crippen molar-refractivity contribution in [2.24, 2.45) is 5.92 Å². The maximum Gasteiger partial charge on any atom is 0.224 e. The number of methoxy groups -OCH3 is 1. The van der Waals surface area contributed by atoms with Gasteiger partial charge in [0.1, 0.15) is 17.4 Å². The third kappa shape index (κ3) is 6.92. The number of aromatic nitrogens is 2. The lowest BCUT2D eigenvalue weighted by Gasteiger charge is -2.30. The molecule has 2 N–H and O–H groups in total.